The summed E-state index contributed by atoms with van der Waals surface area (Å²) in [6, 6.07) is 8.65. The van der Waals surface area contributed by atoms with Crippen LogP contribution >= 0.6 is 0 Å². The van der Waals surface area contributed by atoms with Crippen LogP contribution in [0.2, 0.25) is 0 Å². The van der Waals surface area contributed by atoms with Crippen LogP contribution in [0.25, 0.3) is 0 Å². The van der Waals surface area contributed by atoms with Gasteiger partial charge in [-0.25, -0.2) is 0 Å². The van der Waals surface area contributed by atoms with E-state index in [-0.39, 0.29) is 16.9 Å². The van der Waals surface area contributed by atoms with E-state index in [1.54, 1.807) is 0 Å². The molecule has 0 aliphatic carbocycles. The van der Waals surface area contributed by atoms with E-state index in [1.807, 2.05) is 0 Å². The minimum absolute atomic E-state index is 0.0112. The monoisotopic (exact) mass is 262 g/mol. The van der Waals surface area contributed by atoms with Gasteiger partial charge in [-0.05, 0) is 29.4 Å². The van der Waals surface area contributed by atoms with Crippen LogP contribution in [0.4, 0.5) is 0 Å². The van der Waals surface area contributed by atoms with Crippen molar-refractivity contribution >= 4 is 0 Å². The third-order valence-corrected chi connectivity index (χ3v) is 4.44. The highest BCUT2D eigenvalue weighted by atomic mass is 16.5. The molecule has 0 amide bonds. The Morgan fingerprint density at radius 3 is 2.16 bits per heavy atom. The van der Waals surface area contributed by atoms with E-state index in [2.05, 4.69) is 52.0 Å². The number of hydrogen-bond acceptors (Lipinski definition) is 2. The van der Waals surface area contributed by atoms with E-state index in [0.29, 0.717) is 13.2 Å². The van der Waals surface area contributed by atoms with Gasteiger partial charge < -0.3 is 9.84 Å². The molecular weight excluding hydrogens is 236 g/mol. The van der Waals surface area contributed by atoms with Gasteiger partial charge in [0.25, 0.3) is 0 Å². The Kier molecular flexibility index (Phi) is 4.03. The van der Waals surface area contributed by atoms with Gasteiger partial charge in [0, 0.05) is 5.41 Å². The minimum atomic E-state index is -0.299. The lowest BCUT2D eigenvalue weighted by molar-refractivity contribution is -0.172. The average Bonchev–Trinajstić information content (AvgIpc) is 2.27. The second-order valence-corrected chi connectivity index (χ2v) is 6.88. The first-order chi connectivity index (χ1) is 8.87. The van der Waals surface area contributed by atoms with Crippen molar-refractivity contribution < 1.29 is 9.84 Å². The average molecular weight is 262 g/mol. The van der Waals surface area contributed by atoms with Crippen molar-refractivity contribution in [3.63, 3.8) is 0 Å². The molecule has 0 aromatic heterocycles. The van der Waals surface area contributed by atoms with E-state index in [9.17, 15) is 5.11 Å². The van der Waals surface area contributed by atoms with E-state index in [0.717, 1.165) is 12.8 Å². The van der Waals surface area contributed by atoms with Gasteiger partial charge in [-0.15, -0.1) is 0 Å². The first-order valence-electron chi connectivity index (χ1n) is 7.23. The number of hydrogen-bond donors (Lipinski definition) is 1. The maximum Gasteiger partial charge on any atom is 0.0680 e. The third-order valence-electron chi connectivity index (χ3n) is 4.44. The SMILES string of the molecule is CCC1(C(O)Cc2ccc(C(C)(C)C)cc2)COC1. The van der Waals surface area contributed by atoms with Gasteiger partial charge in [0.1, 0.15) is 0 Å². The first-order valence-corrected chi connectivity index (χ1v) is 7.23. The summed E-state index contributed by atoms with van der Waals surface area (Å²) in [4.78, 5) is 0. The first kappa shape index (κ1) is 14.5. The number of benzene rings is 1. The van der Waals surface area contributed by atoms with E-state index in [1.165, 1.54) is 11.1 Å². The smallest absolute Gasteiger partial charge is 0.0680 e. The van der Waals surface area contributed by atoms with Crippen LogP contribution in [0.1, 0.15) is 45.2 Å². The van der Waals surface area contributed by atoms with Crippen molar-refractivity contribution in [2.45, 2.75) is 52.1 Å². The Bertz CT molecular complexity index is 404. The second kappa shape index (κ2) is 5.26. The molecule has 1 N–H and O–H groups in total. The summed E-state index contributed by atoms with van der Waals surface area (Å²) in [6.45, 7) is 10.2. The normalized spacial score (nSPS) is 19.8. The molecule has 0 radical (unpaired) electrons. The Labute approximate surface area is 116 Å². The summed E-state index contributed by atoms with van der Waals surface area (Å²) < 4.78 is 5.29. The second-order valence-electron chi connectivity index (χ2n) is 6.88. The lowest BCUT2D eigenvalue weighted by atomic mass is 9.75. The Balaban J connectivity index is 2.03. The van der Waals surface area contributed by atoms with Crippen LogP contribution in [0.3, 0.4) is 0 Å². The molecule has 106 valence electrons. The zero-order chi connectivity index (χ0) is 14.1. The molecule has 2 nitrogen and oxygen atoms in total. The Morgan fingerprint density at radius 2 is 1.79 bits per heavy atom. The maximum absolute atomic E-state index is 10.4. The van der Waals surface area contributed by atoms with Crippen molar-refractivity contribution in [2.75, 3.05) is 13.2 Å². The highest BCUT2D eigenvalue weighted by Gasteiger charge is 2.43. The van der Waals surface area contributed by atoms with Crippen LogP contribution in [-0.4, -0.2) is 24.4 Å². The highest BCUT2D eigenvalue weighted by molar-refractivity contribution is 5.28. The summed E-state index contributed by atoms with van der Waals surface area (Å²) in [6.07, 6.45) is 1.40. The van der Waals surface area contributed by atoms with Crippen LogP contribution in [0, 0.1) is 5.41 Å². The van der Waals surface area contributed by atoms with Gasteiger partial charge in [-0.2, -0.15) is 0 Å². The maximum atomic E-state index is 10.4. The van der Waals surface area contributed by atoms with Crippen LogP contribution < -0.4 is 0 Å². The van der Waals surface area contributed by atoms with E-state index in [4.69, 9.17) is 4.74 Å². The fourth-order valence-electron chi connectivity index (χ4n) is 2.58. The number of aliphatic hydroxyl groups excluding tert-OH is 1. The fourth-order valence-corrected chi connectivity index (χ4v) is 2.58. The van der Waals surface area contributed by atoms with Gasteiger partial charge >= 0.3 is 0 Å². The molecule has 1 saturated heterocycles. The summed E-state index contributed by atoms with van der Waals surface area (Å²) in [7, 11) is 0. The molecule has 0 bridgehead atoms. The molecule has 1 fully saturated rings. The molecule has 2 rings (SSSR count). The molecule has 0 spiro atoms. The van der Waals surface area contributed by atoms with Gasteiger partial charge in [-0.1, -0.05) is 52.0 Å². The molecule has 1 aromatic rings. The molecule has 19 heavy (non-hydrogen) atoms. The topological polar surface area (TPSA) is 29.5 Å². The molecule has 1 unspecified atom stereocenters. The van der Waals surface area contributed by atoms with Crippen molar-refractivity contribution in [2.24, 2.45) is 5.41 Å². The van der Waals surface area contributed by atoms with Crippen molar-refractivity contribution in [3.05, 3.63) is 35.4 Å². The lowest BCUT2D eigenvalue weighted by Crippen LogP contribution is -2.51. The molecule has 1 aliphatic heterocycles. The zero-order valence-corrected chi connectivity index (χ0v) is 12.6. The molecule has 1 heterocycles. The third kappa shape index (κ3) is 3.01. The Morgan fingerprint density at radius 1 is 1.21 bits per heavy atom. The number of ether oxygens (including phenoxy) is 1. The summed E-state index contributed by atoms with van der Waals surface area (Å²) in [5.41, 5.74) is 2.72. The minimum Gasteiger partial charge on any atom is -0.392 e. The van der Waals surface area contributed by atoms with Crippen molar-refractivity contribution in [1.82, 2.24) is 0 Å². The molecule has 1 aliphatic rings. The van der Waals surface area contributed by atoms with E-state index < -0.39 is 0 Å². The van der Waals surface area contributed by atoms with Crippen molar-refractivity contribution in [3.8, 4) is 0 Å². The largest absolute Gasteiger partial charge is 0.392 e. The summed E-state index contributed by atoms with van der Waals surface area (Å²) in [5.74, 6) is 0. The number of rotatable bonds is 4. The standard InChI is InChI=1S/C17H26O2/c1-5-17(11-19-12-17)15(18)10-13-6-8-14(9-7-13)16(2,3)4/h6-9,15,18H,5,10-12H2,1-4H3. The van der Waals surface area contributed by atoms with Crippen LogP contribution in [0.15, 0.2) is 24.3 Å². The molecule has 1 aromatic carbocycles. The van der Waals surface area contributed by atoms with Gasteiger partial charge in [0.15, 0.2) is 0 Å². The van der Waals surface area contributed by atoms with Crippen LogP contribution in [0.5, 0.6) is 0 Å². The van der Waals surface area contributed by atoms with E-state index >= 15 is 0 Å². The highest BCUT2D eigenvalue weighted by Crippen LogP contribution is 2.36. The van der Waals surface area contributed by atoms with Crippen LogP contribution in [-0.2, 0) is 16.6 Å². The van der Waals surface area contributed by atoms with Crippen molar-refractivity contribution in [1.29, 1.82) is 0 Å². The summed E-state index contributed by atoms with van der Waals surface area (Å²) in [5, 5.41) is 10.4. The predicted molar refractivity (Wildman–Crippen MR) is 78.4 cm³/mol. The summed E-state index contributed by atoms with van der Waals surface area (Å²) >= 11 is 0. The predicted octanol–water partition coefficient (Wildman–Crippen LogP) is 3.31. The van der Waals surface area contributed by atoms with Gasteiger partial charge in [0.2, 0.25) is 0 Å². The van der Waals surface area contributed by atoms with Gasteiger partial charge in [-0.3, -0.25) is 0 Å². The van der Waals surface area contributed by atoms with Gasteiger partial charge in [0.05, 0.1) is 19.3 Å². The molecule has 0 saturated carbocycles. The fraction of sp³-hybridized carbons (Fsp3) is 0.647. The number of aliphatic hydroxyl groups is 1. The molecule has 2 heteroatoms. The quantitative estimate of drug-likeness (QED) is 0.902. The Hall–Kier alpha value is -0.860. The lowest BCUT2D eigenvalue weighted by Gasteiger charge is -2.44. The molecule has 1 atom stereocenters. The zero-order valence-electron chi connectivity index (χ0n) is 12.6. The molecular formula is C17H26O2.